The van der Waals surface area contributed by atoms with Gasteiger partial charge in [0.15, 0.2) is 17.4 Å². The molecule has 1 aromatic heterocycles. The fourth-order valence-electron chi connectivity index (χ4n) is 1.63. The summed E-state index contributed by atoms with van der Waals surface area (Å²) < 4.78 is 33.6. The maximum Gasteiger partial charge on any atom is 0.191 e. The van der Waals surface area contributed by atoms with E-state index < -0.39 is 11.6 Å². The van der Waals surface area contributed by atoms with Crippen molar-refractivity contribution in [3.8, 4) is 5.75 Å². The van der Waals surface area contributed by atoms with E-state index in [9.17, 15) is 8.78 Å². The number of thiophene rings is 1. The van der Waals surface area contributed by atoms with E-state index >= 15 is 0 Å². The summed E-state index contributed by atoms with van der Waals surface area (Å²) >= 11 is 4.77. The second-order valence-corrected chi connectivity index (χ2v) is 5.86. The second-order valence-electron chi connectivity index (χ2n) is 3.95. The zero-order valence-corrected chi connectivity index (χ0v) is 12.4. The fourth-order valence-corrected chi connectivity index (χ4v) is 3.00. The Morgan fingerprint density at radius 3 is 2.42 bits per heavy atom. The monoisotopic (exact) mass is 347 g/mol. The van der Waals surface area contributed by atoms with E-state index in [0.717, 1.165) is 9.35 Å². The van der Waals surface area contributed by atoms with Gasteiger partial charge in [0.25, 0.3) is 0 Å². The topological polar surface area (TPSA) is 35.2 Å². The molecule has 102 valence electrons. The molecule has 0 amide bonds. The van der Waals surface area contributed by atoms with Crippen LogP contribution >= 0.6 is 27.3 Å². The molecule has 1 aromatic carbocycles. The van der Waals surface area contributed by atoms with Crippen LogP contribution in [0.5, 0.6) is 5.75 Å². The van der Waals surface area contributed by atoms with Crippen LogP contribution in [0.1, 0.15) is 10.4 Å². The lowest BCUT2D eigenvalue weighted by molar-refractivity contribution is 0.276. The summed E-state index contributed by atoms with van der Waals surface area (Å²) in [7, 11) is 0. The Labute approximate surface area is 122 Å². The molecule has 2 rings (SSSR count). The van der Waals surface area contributed by atoms with Crippen molar-refractivity contribution in [2.24, 2.45) is 5.73 Å². The Balaban J connectivity index is 2.11. The Bertz CT molecular complexity index is 551. The van der Waals surface area contributed by atoms with Crippen molar-refractivity contribution in [3.63, 3.8) is 0 Å². The normalized spacial score (nSPS) is 10.7. The molecule has 0 atom stereocenters. The van der Waals surface area contributed by atoms with Gasteiger partial charge < -0.3 is 10.5 Å². The standard InChI is InChI=1S/C13H12BrF2NOS/c14-9-5-10(19-7-9)6-18-13-11(15)3-8(1-2-17)4-12(13)16/h3-5,7H,1-2,6,17H2. The molecule has 1 heterocycles. The Morgan fingerprint density at radius 2 is 1.89 bits per heavy atom. The van der Waals surface area contributed by atoms with Gasteiger partial charge in [0.2, 0.25) is 0 Å². The molecule has 0 radical (unpaired) electrons. The van der Waals surface area contributed by atoms with Gasteiger partial charge in [-0.2, -0.15) is 0 Å². The average molecular weight is 348 g/mol. The lowest BCUT2D eigenvalue weighted by atomic mass is 10.1. The first kappa shape index (κ1) is 14.4. The van der Waals surface area contributed by atoms with E-state index in [-0.39, 0.29) is 12.4 Å². The van der Waals surface area contributed by atoms with Gasteiger partial charge in [0, 0.05) is 14.7 Å². The van der Waals surface area contributed by atoms with E-state index in [0.29, 0.717) is 18.5 Å². The minimum absolute atomic E-state index is 0.139. The summed E-state index contributed by atoms with van der Waals surface area (Å²) in [6.45, 7) is 0.489. The number of halogens is 3. The minimum Gasteiger partial charge on any atom is -0.482 e. The van der Waals surface area contributed by atoms with Crippen LogP contribution in [0.15, 0.2) is 28.1 Å². The predicted octanol–water partition coefficient (Wildman–Crippen LogP) is 3.87. The lowest BCUT2D eigenvalue weighted by Crippen LogP contribution is -2.05. The van der Waals surface area contributed by atoms with Gasteiger partial charge in [-0.15, -0.1) is 11.3 Å². The number of hydrogen-bond acceptors (Lipinski definition) is 3. The smallest absolute Gasteiger partial charge is 0.191 e. The van der Waals surface area contributed by atoms with Crippen LogP contribution in [0.25, 0.3) is 0 Å². The molecule has 0 unspecified atom stereocenters. The fraction of sp³-hybridized carbons (Fsp3) is 0.231. The highest BCUT2D eigenvalue weighted by Crippen LogP contribution is 2.26. The van der Waals surface area contributed by atoms with Crippen molar-refractivity contribution < 1.29 is 13.5 Å². The highest BCUT2D eigenvalue weighted by molar-refractivity contribution is 9.10. The van der Waals surface area contributed by atoms with E-state index in [1.807, 2.05) is 11.4 Å². The number of nitrogens with two attached hydrogens (primary N) is 1. The third-order valence-electron chi connectivity index (χ3n) is 2.47. The number of rotatable bonds is 5. The maximum absolute atomic E-state index is 13.7. The molecule has 0 aliphatic heterocycles. The first-order chi connectivity index (χ1) is 9.10. The molecule has 0 saturated heterocycles. The zero-order valence-electron chi connectivity index (χ0n) is 9.96. The Hall–Kier alpha value is -0.980. The highest BCUT2D eigenvalue weighted by atomic mass is 79.9. The highest BCUT2D eigenvalue weighted by Gasteiger charge is 2.13. The molecule has 0 spiro atoms. The minimum atomic E-state index is -0.695. The molecule has 2 nitrogen and oxygen atoms in total. The summed E-state index contributed by atoms with van der Waals surface area (Å²) in [6, 6.07) is 4.37. The molecule has 0 bridgehead atoms. The summed E-state index contributed by atoms with van der Waals surface area (Å²) in [4.78, 5) is 0.886. The zero-order chi connectivity index (χ0) is 13.8. The first-order valence-corrected chi connectivity index (χ1v) is 7.31. The van der Waals surface area contributed by atoms with Crippen LogP contribution in [-0.2, 0) is 13.0 Å². The van der Waals surface area contributed by atoms with E-state index in [1.54, 1.807) is 0 Å². The van der Waals surface area contributed by atoms with Crippen LogP contribution < -0.4 is 10.5 Å². The lowest BCUT2D eigenvalue weighted by Gasteiger charge is -2.09. The van der Waals surface area contributed by atoms with Gasteiger partial charge in [-0.3, -0.25) is 0 Å². The number of hydrogen-bond donors (Lipinski definition) is 1. The third kappa shape index (κ3) is 3.75. The van der Waals surface area contributed by atoms with E-state index in [4.69, 9.17) is 10.5 Å². The van der Waals surface area contributed by atoms with Gasteiger partial charge >= 0.3 is 0 Å². The maximum atomic E-state index is 13.7. The second kappa shape index (κ2) is 6.45. The predicted molar refractivity (Wildman–Crippen MR) is 75.5 cm³/mol. The summed E-state index contributed by atoms with van der Waals surface area (Å²) in [5, 5.41) is 1.88. The van der Waals surface area contributed by atoms with Crippen molar-refractivity contribution >= 4 is 27.3 Å². The quantitative estimate of drug-likeness (QED) is 0.890. The molecule has 0 fully saturated rings. The van der Waals surface area contributed by atoms with E-state index in [1.165, 1.54) is 23.5 Å². The molecule has 2 N–H and O–H groups in total. The van der Waals surface area contributed by atoms with E-state index in [2.05, 4.69) is 15.9 Å². The van der Waals surface area contributed by atoms with Crippen LogP contribution in [0.3, 0.4) is 0 Å². The van der Waals surface area contributed by atoms with Gasteiger partial charge in [-0.05, 0) is 52.7 Å². The van der Waals surface area contributed by atoms with Crippen LogP contribution in [0.4, 0.5) is 8.78 Å². The number of ether oxygens (including phenoxy) is 1. The first-order valence-electron chi connectivity index (χ1n) is 5.64. The SMILES string of the molecule is NCCc1cc(F)c(OCc2cc(Br)cs2)c(F)c1. The van der Waals surface area contributed by atoms with Gasteiger partial charge in [-0.25, -0.2) is 8.78 Å². The largest absolute Gasteiger partial charge is 0.482 e. The summed E-state index contributed by atoms with van der Waals surface area (Å²) in [5.74, 6) is -1.73. The summed E-state index contributed by atoms with van der Waals surface area (Å²) in [6.07, 6.45) is 0.436. The molecule has 6 heteroatoms. The van der Waals surface area contributed by atoms with Crippen LogP contribution in [0.2, 0.25) is 0 Å². The summed E-state index contributed by atoms with van der Waals surface area (Å²) in [5.41, 5.74) is 5.89. The van der Waals surface area contributed by atoms with Gasteiger partial charge in [0.1, 0.15) is 6.61 Å². The van der Waals surface area contributed by atoms with Crippen LogP contribution in [0, 0.1) is 11.6 Å². The van der Waals surface area contributed by atoms with Crippen molar-refractivity contribution in [2.75, 3.05) is 6.54 Å². The average Bonchev–Trinajstić information content (AvgIpc) is 2.74. The van der Waals surface area contributed by atoms with Crippen LogP contribution in [-0.4, -0.2) is 6.54 Å². The van der Waals surface area contributed by atoms with Crippen molar-refractivity contribution in [1.82, 2.24) is 0 Å². The molecular weight excluding hydrogens is 336 g/mol. The molecule has 0 saturated carbocycles. The molecule has 0 aliphatic rings. The van der Waals surface area contributed by atoms with Crippen molar-refractivity contribution in [1.29, 1.82) is 0 Å². The Morgan fingerprint density at radius 1 is 1.21 bits per heavy atom. The van der Waals surface area contributed by atoms with Crippen molar-refractivity contribution in [3.05, 3.63) is 50.1 Å². The van der Waals surface area contributed by atoms with Gasteiger partial charge in [0.05, 0.1) is 0 Å². The van der Waals surface area contributed by atoms with Crippen molar-refractivity contribution in [2.45, 2.75) is 13.0 Å². The molecular formula is C13H12BrF2NOS. The molecule has 19 heavy (non-hydrogen) atoms. The number of benzene rings is 1. The third-order valence-corrected chi connectivity index (χ3v) is 4.14. The Kier molecular flexibility index (Phi) is 4.90. The van der Waals surface area contributed by atoms with Gasteiger partial charge in [-0.1, -0.05) is 0 Å². The molecule has 2 aromatic rings. The molecule has 0 aliphatic carbocycles.